The van der Waals surface area contributed by atoms with Crippen LogP contribution in [0.15, 0.2) is 0 Å². The van der Waals surface area contributed by atoms with Crippen molar-refractivity contribution in [2.24, 2.45) is 17.8 Å². The van der Waals surface area contributed by atoms with Gasteiger partial charge in [-0.15, -0.1) is 0 Å². The minimum Gasteiger partial charge on any atom is -0.198 e. The molecule has 0 amide bonds. The highest BCUT2D eigenvalue weighted by Gasteiger charge is 2.30. The van der Waals surface area contributed by atoms with E-state index in [-0.39, 0.29) is 0 Å². The van der Waals surface area contributed by atoms with Crippen LogP contribution in [0.3, 0.4) is 0 Å². The Kier molecular flexibility index (Phi) is 6.28. The lowest BCUT2D eigenvalue weighted by Gasteiger charge is -2.32. The monoisotopic (exact) mass is 239 g/mol. The molecule has 0 heterocycles. The zero-order valence-corrected chi connectivity index (χ0v) is 11.7. The number of nitriles is 1. The molecule has 0 aromatic heterocycles. The highest BCUT2D eigenvalue weighted by molar-refractivity contribution is 7.99. The van der Waals surface area contributed by atoms with Crippen LogP contribution in [0.1, 0.15) is 52.9 Å². The number of hydrogen-bond donors (Lipinski definition) is 0. The normalized spacial score (nSPS) is 32.0. The predicted octanol–water partition coefficient (Wildman–Crippen LogP) is 4.48. The van der Waals surface area contributed by atoms with E-state index in [0.29, 0.717) is 11.2 Å². The molecule has 1 saturated carbocycles. The fourth-order valence-corrected chi connectivity index (χ4v) is 3.97. The third-order valence-corrected chi connectivity index (χ3v) is 5.65. The van der Waals surface area contributed by atoms with Gasteiger partial charge in [-0.25, -0.2) is 0 Å². The van der Waals surface area contributed by atoms with E-state index in [1.807, 2.05) is 0 Å². The molecule has 1 rings (SSSR count). The number of hydrogen-bond acceptors (Lipinski definition) is 2. The summed E-state index contributed by atoms with van der Waals surface area (Å²) >= 11 is 2.06. The van der Waals surface area contributed by atoms with Crippen molar-refractivity contribution in [2.45, 2.75) is 58.1 Å². The van der Waals surface area contributed by atoms with E-state index in [1.54, 1.807) is 0 Å². The minimum absolute atomic E-state index is 0.317. The topological polar surface area (TPSA) is 23.8 Å². The molecule has 1 aliphatic rings. The molecule has 4 atom stereocenters. The Balaban J connectivity index is 2.43. The molecule has 0 saturated heterocycles. The molecular formula is C14H25NS. The van der Waals surface area contributed by atoms with Crippen LogP contribution in [-0.4, -0.2) is 11.0 Å². The zero-order valence-electron chi connectivity index (χ0n) is 10.9. The largest absolute Gasteiger partial charge is 0.198 e. The second-order valence-electron chi connectivity index (χ2n) is 5.21. The first-order chi connectivity index (χ1) is 7.71. The molecule has 1 nitrogen and oxygen atoms in total. The molecule has 0 aromatic rings. The fourth-order valence-electron chi connectivity index (χ4n) is 2.32. The maximum atomic E-state index is 9.18. The van der Waals surface area contributed by atoms with Gasteiger partial charge in [0.25, 0.3) is 0 Å². The molecule has 1 fully saturated rings. The Morgan fingerprint density at radius 2 is 2.12 bits per heavy atom. The first-order valence-electron chi connectivity index (χ1n) is 6.72. The van der Waals surface area contributed by atoms with E-state index in [9.17, 15) is 5.26 Å². The van der Waals surface area contributed by atoms with Crippen molar-refractivity contribution in [1.82, 2.24) is 0 Å². The predicted molar refractivity (Wildman–Crippen MR) is 72.4 cm³/mol. The van der Waals surface area contributed by atoms with Gasteiger partial charge in [0.2, 0.25) is 0 Å². The molecule has 2 heteroatoms. The van der Waals surface area contributed by atoms with E-state index < -0.39 is 0 Å². The van der Waals surface area contributed by atoms with Gasteiger partial charge in [-0.05, 0) is 36.9 Å². The van der Waals surface area contributed by atoms with Crippen molar-refractivity contribution in [2.75, 3.05) is 5.75 Å². The fraction of sp³-hybridized carbons (Fsp3) is 0.929. The van der Waals surface area contributed by atoms with Crippen LogP contribution in [-0.2, 0) is 0 Å². The Morgan fingerprint density at radius 1 is 1.38 bits per heavy atom. The summed E-state index contributed by atoms with van der Waals surface area (Å²) < 4.78 is 0. The Bertz CT molecular complexity index is 233. The average Bonchev–Trinajstić information content (AvgIpc) is 2.35. The Morgan fingerprint density at radius 3 is 2.69 bits per heavy atom. The summed E-state index contributed by atoms with van der Waals surface area (Å²) in [5.41, 5.74) is 0. The molecule has 4 unspecified atom stereocenters. The van der Waals surface area contributed by atoms with Crippen molar-refractivity contribution >= 4 is 11.8 Å². The van der Waals surface area contributed by atoms with Gasteiger partial charge < -0.3 is 0 Å². The van der Waals surface area contributed by atoms with E-state index in [0.717, 1.165) is 18.3 Å². The standard InChI is InChI=1S/C14H25NS/c1-4-11(3)10-16-14-8-12(5-2)6-7-13(14)9-15/h11-14H,4-8,10H2,1-3H3. The van der Waals surface area contributed by atoms with Crippen LogP contribution in [0.5, 0.6) is 0 Å². The lowest BCUT2D eigenvalue weighted by molar-refractivity contribution is 0.317. The van der Waals surface area contributed by atoms with Gasteiger partial charge >= 0.3 is 0 Å². The Labute approximate surface area is 105 Å². The van der Waals surface area contributed by atoms with Crippen LogP contribution in [0.2, 0.25) is 0 Å². The minimum atomic E-state index is 0.317. The van der Waals surface area contributed by atoms with Gasteiger partial charge in [0.15, 0.2) is 0 Å². The zero-order chi connectivity index (χ0) is 12.0. The van der Waals surface area contributed by atoms with Crippen LogP contribution >= 0.6 is 11.8 Å². The van der Waals surface area contributed by atoms with Gasteiger partial charge in [-0.3, -0.25) is 0 Å². The summed E-state index contributed by atoms with van der Waals surface area (Å²) in [6.07, 6.45) is 6.23. The first kappa shape index (κ1) is 13.9. The van der Waals surface area contributed by atoms with Gasteiger partial charge in [0.05, 0.1) is 12.0 Å². The molecule has 0 radical (unpaired) electrons. The van der Waals surface area contributed by atoms with Crippen molar-refractivity contribution in [1.29, 1.82) is 5.26 Å². The molecular weight excluding hydrogens is 214 g/mol. The summed E-state index contributed by atoms with van der Waals surface area (Å²) in [6.45, 7) is 6.85. The highest BCUT2D eigenvalue weighted by atomic mass is 32.2. The smallest absolute Gasteiger partial charge is 0.0667 e. The van der Waals surface area contributed by atoms with Crippen LogP contribution < -0.4 is 0 Å². The number of rotatable bonds is 5. The summed E-state index contributed by atoms with van der Waals surface area (Å²) in [7, 11) is 0. The second-order valence-corrected chi connectivity index (χ2v) is 6.48. The van der Waals surface area contributed by atoms with E-state index >= 15 is 0 Å². The SMILES string of the molecule is CCC(C)CSC1CC(CC)CCC1C#N. The lowest BCUT2D eigenvalue weighted by atomic mass is 9.81. The number of thioether (sulfide) groups is 1. The number of nitrogens with zero attached hydrogens (tertiary/aromatic N) is 1. The maximum Gasteiger partial charge on any atom is 0.0667 e. The summed E-state index contributed by atoms with van der Waals surface area (Å²) in [5.74, 6) is 3.22. The average molecular weight is 239 g/mol. The molecule has 0 spiro atoms. The molecule has 0 bridgehead atoms. The molecule has 0 N–H and O–H groups in total. The summed E-state index contributed by atoms with van der Waals surface area (Å²) in [4.78, 5) is 0. The van der Waals surface area contributed by atoms with E-state index in [1.165, 1.54) is 31.4 Å². The van der Waals surface area contributed by atoms with Crippen LogP contribution in [0.4, 0.5) is 0 Å². The van der Waals surface area contributed by atoms with Crippen molar-refractivity contribution < 1.29 is 0 Å². The Hall–Kier alpha value is -0.160. The highest BCUT2D eigenvalue weighted by Crippen LogP contribution is 2.38. The van der Waals surface area contributed by atoms with E-state index in [2.05, 4.69) is 38.6 Å². The van der Waals surface area contributed by atoms with Gasteiger partial charge in [-0.1, -0.05) is 33.6 Å². The first-order valence-corrected chi connectivity index (χ1v) is 7.77. The quantitative estimate of drug-likeness (QED) is 0.706. The second kappa shape index (κ2) is 7.22. The summed E-state index contributed by atoms with van der Waals surface area (Å²) in [6, 6.07) is 2.52. The maximum absolute atomic E-state index is 9.18. The molecule has 0 aromatic carbocycles. The summed E-state index contributed by atoms with van der Waals surface area (Å²) in [5, 5.41) is 9.79. The van der Waals surface area contributed by atoms with E-state index in [4.69, 9.17) is 0 Å². The molecule has 0 aliphatic heterocycles. The van der Waals surface area contributed by atoms with Crippen LogP contribution in [0, 0.1) is 29.1 Å². The van der Waals surface area contributed by atoms with Crippen molar-refractivity contribution in [3.63, 3.8) is 0 Å². The van der Waals surface area contributed by atoms with Gasteiger partial charge in [0, 0.05) is 5.25 Å². The molecule has 16 heavy (non-hydrogen) atoms. The van der Waals surface area contributed by atoms with Crippen molar-refractivity contribution in [3.8, 4) is 6.07 Å². The molecule has 92 valence electrons. The van der Waals surface area contributed by atoms with Gasteiger partial charge in [0.1, 0.15) is 0 Å². The molecule has 1 aliphatic carbocycles. The third-order valence-electron chi connectivity index (χ3n) is 3.94. The van der Waals surface area contributed by atoms with Gasteiger partial charge in [-0.2, -0.15) is 17.0 Å². The lowest BCUT2D eigenvalue weighted by Crippen LogP contribution is -2.26. The third kappa shape index (κ3) is 4.01. The van der Waals surface area contributed by atoms with Crippen molar-refractivity contribution in [3.05, 3.63) is 0 Å². The van der Waals surface area contributed by atoms with Crippen LogP contribution in [0.25, 0.3) is 0 Å².